The summed E-state index contributed by atoms with van der Waals surface area (Å²) in [7, 11) is 0. The zero-order valence-corrected chi connectivity index (χ0v) is 10.9. The van der Waals surface area contributed by atoms with Crippen molar-refractivity contribution in [2.75, 3.05) is 0 Å². The molecule has 2 N–H and O–H groups in total. The Balaban J connectivity index is 2.19. The number of nitrogens with two attached hydrogens (primary N) is 1. The predicted molar refractivity (Wildman–Crippen MR) is 71.6 cm³/mol. The summed E-state index contributed by atoms with van der Waals surface area (Å²) in [6.07, 6.45) is 5.94. The highest BCUT2D eigenvalue weighted by Crippen LogP contribution is 2.36. The first-order valence-corrected chi connectivity index (χ1v) is 6.67. The summed E-state index contributed by atoms with van der Waals surface area (Å²) < 4.78 is 0. The van der Waals surface area contributed by atoms with Crippen LogP contribution in [0.3, 0.4) is 0 Å². The molecule has 1 unspecified atom stereocenters. The third-order valence-electron chi connectivity index (χ3n) is 3.71. The van der Waals surface area contributed by atoms with Crippen LogP contribution in [0.2, 0.25) is 5.02 Å². The standard InChI is InChI=1S/C13H17ClN2O2/c14-12-8-10(16(17)18)6-7-11(12)13(15)9-4-2-1-3-5-9/h6-9,13H,1-5,15H2. The number of rotatable bonds is 3. The van der Waals surface area contributed by atoms with Crippen LogP contribution < -0.4 is 5.73 Å². The minimum absolute atomic E-state index is 0.0135. The van der Waals surface area contributed by atoms with Crippen molar-refractivity contribution >= 4 is 17.3 Å². The summed E-state index contributed by atoms with van der Waals surface area (Å²) in [6, 6.07) is 4.45. The van der Waals surface area contributed by atoms with Gasteiger partial charge in [0.25, 0.3) is 5.69 Å². The van der Waals surface area contributed by atoms with Gasteiger partial charge < -0.3 is 5.73 Å². The Morgan fingerprint density at radius 3 is 2.56 bits per heavy atom. The molecule has 1 aromatic rings. The van der Waals surface area contributed by atoms with Crippen molar-refractivity contribution in [1.29, 1.82) is 0 Å². The summed E-state index contributed by atoms with van der Waals surface area (Å²) >= 11 is 6.10. The molecule has 98 valence electrons. The number of hydrogen-bond donors (Lipinski definition) is 1. The van der Waals surface area contributed by atoms with Crippen molar-refractivity contribution in [3.8, 4) is 0 Å². The van der Waals surface area contributed by atoms with E-state index in [-0.39, 0.29) is 11.7 Å². The molecule has 2 rings (SSSR count). The molecule has 0 aliphatic heterocycles. The van der Waals surface area contributed by atoms with E-state index < -0.39 is 4.92 Å². The maximum Gasteiger partial charge on any atom is 0.270 e. The van der Waals surface area contributed by atoms with E-state index in [2.05, 4.69) is 0 Å². The summed E-state index contributed by atoms with van der Waals surface area (Å²) in [6.45, 7) is 0. The van der Waals surface area contributed by atoms with Crippen LogP contribution in [0.25, 0.3) is 0 Å². The van der Waals surface area contributed by atoms with E-state index in [9.17, 15) is 10.1 Å². The number of hydrogen-bond acceptors (Lipinski definition) is 3. The van der Waals surface area contributed by atoms with Crippen LogP contribution in [0.5, 0.6) is 0 Å². The monoisotopic (exact) mass is 268 g/mol. The zero-order valence-electron chi connectivity index (χ0n) is 10.1. The molecule has 1 fully saturated rings. The molecule has 4 nitrogen and oxygen atoms in total. The maximum absolute atomic E-state index is 10.7. The third-order valence-corrected chi connectivity index (χ3v) is 4.04. The highest BCUT2D eigenvalue weighted by atomic mass is 35.5. The van der Waals surface area contributed by atoms with Gasteiger partial charge in [-0.15, -0.1) is 0 Å². The molecule has 0 bridgehead atoms. The van der Waals surface area contributed by atoms with Crippen molar-refractivity contribution in [3.05, 3.63) is 38.9 Å². The minimum atomic E-state index is -0.443. The molecular weight excluding hydrogens is 252 g/mol. The second kappa shape index (κ2) is 5.67. The Bertz CT molecular complexity index is 445. The van der Waals surface area contributed by atoms with Crippen LogP contribution in [0, 0.1) is 16.0 Å². The van der Waals surface area contributed by atoms with E-state index in [1.54, 1.807) is 6.07 Å². The van der Waals surface area contributed by atoms with E-state index in [0.29, 0.717) is 10.9 Å². The van der Waals surface area contributed by atoms with Gasteiger partial charge in [0.15, 0.2) is 0 Å². The van der Waals surface area contributed by atoms with Gasteiger partial charge in [0.05, 0.1) is 9.95 Å². The van der Waals surface area contributed by atoms with Gasteiger partial charge in [-0.3, -0.25) is 10.1 Å². The highest BCUT2D eigenvalue weighted by molar-refractivity contribution is 6.31. The number of nitro groups is 1. The molecule has 1 saturated carbocycles. The molecule has 1 aliphatic carbocycles. The molecule has 1 aliphatic rings. The van der Waals surface area contributed by atoms with Gasteiger partial charge in [-0.2, -0.15) is 0 Å². The smallest absolute Gasteiger partial charge is 0.270 e. The Morgan fingerprint density at radius 2 is 2.00 bits per heavy atom. The fourth-order valence-corrected chi connectivity index (χ4v) is 2.95. The molecule has 0 heterocycles. The molecular formula is C13H17ClN2O2. The largest absolute Gasteiger partial charge is 0.324 e. The van der Waals surface area contributed by atoms with E-state index in [1.807, 2.05) is 0 Å². The van der Waals surface area contributed by atoms with Crippen molar-refractivity contribution in [2.45, 2.75) is 38.1 Å². The normalized spacial score (nSPS) is 18.6. The Labute approximate surface area is 111 Å². The molecule has 0 radical (unpaired) electrons. The van der Waals surface area contributed by atoms with E-state index >= 15 is 0 Å². The maximum atomic E-state index is 10.7. The topological polar surface area (TPSA) is 69.2 Å². The summed E-state index contributed by atoms with van der Waals surface area (Å²) in [5.41, 5.74) is 7.08. The van der Waals surface area contributed by atoms with Gasteiger partial charge in [-0.25, -0.2) is 0 Å². The molecule has 0 saturated heterocycles. The molecule has 0 spiro atoms. The lowest BCUT2D eigenvalue weighted by atomic mass is 9.81. The van der Waals surface area contributed by atoms with Crippen molar-refractivity contribution < 1.29 is 4.92 Å². The average Bonchev–Trinajstić information content (AvgIpc) is 2.38. The first kappa shape index (κ1) is 13.3. The van der Waals surface area contributed by atoms with Crippen molar-refractivity contribution in [2.24, 2.45) is 11.7 Å². The number of halogens is 1. The van der Waals surface area contributed by atoms with Crippen LogP contribution in [-0.2, 0) is 0 Å². The van der Waals surface area contributed by atoms with E-state index in [0.717, 1.165) is 18.4 Å². The fraction of sp³-hybridized carbons (Fsp3) is 0.538. The number of non-ortho nitro benzene ring substituents is 1. The second-order valence-electron chi connectivity index (χ2n) is 4.89. The van der Waals surface area contributed by atoms with Crippen LogP contribution in [0.4, 0.5) is 5.69 Å². The summed E-state index contributed by atoms with van der Waals surface area (Å²) in [5, 5.41) is 11.1. The van der Waals surface area contributed by atoms with Crippen molar-refractivity contribution in [1.82, 2.24) is 0 Å². The van der Waals surface area contributed by atoms with Crippen molar-refractivity contribution in [3.63, 3.8) is 0 Å². The number of nitrogens with zero attached hydrogens (tertiary/aromatic N) is 1. The SMILES string of the molecule is NC(c1ccc([N+](=O)[O-])cc1Cl)C1CCCCC1. The van der Waals surface area contributed by atoms with Crippen LogP contribution in [-0.4, -0.2) is 4.92 Å². The van der Waals surface area contributed by atoms with Crippen LogP contribution in [0.1, 0.15) is 43.7 Å². The van der Waals surface area contributed by atoms with Crippen LogP contribution >= 0.6 is 11.6 Å². The van der Waals surface area contributed by atoms with E-state index in [4.69, 9.17) is 17.3 Å². The first-order chi connectivity index (χ1) is 8.59. The second-order valence-corrected chi connectivity index (χ2v) is 5.29. The molecule has 0 amide bonds. The fourth-order valence-electron chi connectivity index (χ4n) is 2.65. The Morgan fingerprint density at radius 1 is 1.33 bits per heavy atom. The van der Waals surface area contributed by atoms with Gasteiger partial charge in [0.2, 0.25) is 0 Å². The van der Waals surface area contributed by atoms with E-state index in [1.165, 1.54) is 31.4 Å². The lowest BCUT2D eigenvalue weighted by molar-refractivity contribution is -0.384. The number of benzene rings is 1. The summed E-state index contributed by atoms with van der Waals surface area (Å²) in [5.74, 6) is 0.442. The summed E-state index contributed by atoms with van der Waals surface area (Å²) in [4.78, 5) is 10.2. The molecule has 1 aromatic carbocycles. The molecule has 5 heteroatoms. The molecule has 1 atom stereocenters. The Hall–Kier alpha value is -1.13. The van der Waals surface area contributed by atoms with Crippen LogP contribution in [0.15, 0.2) is 18.2 Å². The lowest BCUT2D eigenvalue weighted by Crippen LogP contribution is -2.23. The molecule has 0 aromatic heterocycles. The average molecular weight is 269 g/mol. The first-order valence-electron chi connectivity index (χ1n) is 6.29. The predicted octanol–water partition coefficient (Wildman–Crippen LogP) is 3.83. The van der Waals surface area contributed by atoms with Gasteiger partial charge in [-0.05, 0) is 30.4 Å². The zero-order chi connectivity index (χ0) is 13.1. The Kier molecular flexibility index (Phi) is 4.19. The quantitative estimate of drug-likeness (QED) is 0.669. The highest BCUT2D eigenvalue weighted by Gasteiger charge is 2.24. The number of nitro benzene ring substituents is 1. The van der Waals surface area contributed by atoms with Gasteiger partial charge >= 0.3 is 0 Å². The van der Waals surface area contributed by atoms with Gasteiger partial charge in [0, 0.05) is 18.2 Å². The van der Waals surface area contributed by atoms with Gasteiger partial charge in [-0.1, -0.05) is 30.9 Å². The minimum Gasteiger partial charge on any atom is -0.324 e. The third kappa shape index (κ3) is 2.82. The molecule has 18 heavy (non-hydrogen) atoms. The van der Waals surface area contributed by atoms with Gasteiger partial charge in [0.1, 0.15) is 0 Å². The lowest BCUT2D eigenvalue weighted by Gasteiger charge is -2.28.